The fourth-order valence-electron chi connectivity index (χ4n) is 1.82. The molecule has 0 fully saturated rings. The molecule has 1 heterocycles. The zero-order valence-corrected chi connectivity index (χ0v) is 10.9. The molecular weight excluding hydrogens is 249 g/mol. The van der Waals surface area contributed by atoms with Crippen molar-refractivity contribution < 1.29 is 9.13 Å². The van der Waals surface area contributed by atoms with Gasteiger partial charge in [-0.2, -0.15) is 0 Å². The number of anilines is 1. The average Bonchev–Trinajstić information content (AvgIpc) is 2.80. The summed E-state index contributed by atoms with van der Waals surface area (Å²) >= 11 is 0. The maximum absolute atomic E-state index is 13.3. The lowest BCUT2D eigenvalue weighted by Crippen LogP contribution is -2.18. The quantitative estimate of drug-likeness (QED) is 0.828. The van der Waals surface area contributed by atoms with Crippen molar-refractivity contribution in [1.82, 2.24) is 20.2 Å². The first-order chi connectivity index (χ1) is 9.11. The SMILES string of the molecule is CCOC(C)Cn1nnnc1-c1cc(F)ccc1N. The fraction of sp³-hybridized carbons (Fsp3) is 0.417. The molecule has 2 rings (SSSR count). The van der Waals surface area contributed by atoms with Crippen LogP contribution in [0.15, 0.2) is 18.2 Å². The molecule has 2 aromatic rings. The van der Waals surface area contributed by atoms with Gasteiger partial charge in [0.2, 0.25) is 0 Å². The molecule has 1 unspecified atom stereocenters. The van der Waals surface area contributed by atoms with Crippen molar-refractivity contribution in [3.63, 3.8) is 0 Å². The number of halogens is 1. The molecule has 19 heavy (non-hydrogen) atoms. The lowest BCUT2D eigenvalue weighted by atomic mass is 10.1. The van der Waals surface area contributed by atoms with Gasteiger partial charge in [0.1, 0.15) is 5.82 Å². The lowest BCUT2D eigenvalue weighted by Gasteiger charge is -2.12. The predicted octanol–water partition coefficient (Wildman–Crippen LogP) is 1.49. The third kappa shape index (κ3) is 3.05. The van der Waals surface area contributed by atoms with Crippen LogP contribution in [0.5, 0.6) is 0 Å². The minimum Gasteiger partial charge on any atom is -0.398 e. The van der Waals surface area contributed by atoms with Gasteiger partial charge in [0, 0.05) is 17.9 Å². The molecule has 6 nitrogen and oxygen atoms in total. The monoisotopic (exact) mass is 265 g/mol. The van der Waals surface area contributed by atoms with Gasteiger partial charge in [-0.05, 0) is 42.5 Å². The second-order valence-electron chi connectivity index (χ2n) is 4.18. The Kier molecular flexibility index (Phi) is 4.06. The van der Waals surface area contributed by atoms with E-state index in [1.165, 1.54) is 18.2 Å². The summed E-state index contributed by atoms with van der Waals surface area (Å²) in [5.74, 6) is 0.0557. The number of aromatic nitrogens is 4. The van der Waals surface area contributed by atoms with Gasteiger partial charge in [-0.25, -0.2) is 9.07 Å². The van der Waals surface area contributed by atoms with Crippen LogP contribution in [0.25, 0.3) is 11.4 Å². The van der Waals surface area contributed by atoms with E-state index < -0.39 is 0 Å². The Hall–Kier alpha value is -2.02. The van der Waals surface area contributed by atoms with Crippen molar-refractivity contribution in [2.75, 3.05) is 12.3 Å². The standard InChI is InChI=1S/C12H16FN5O/c1-3-19-8(2)7-18-12(15-16-17-18)10-6-9(13)4-5-11(10)14/h4-6,8H,3,7,14H2,1-2H3. The van der Waals surface area contributed by atoms with E-state index >= 15 is 0 Å². The zero-order valence-electron chi connectivity index (χ0n) is 10.9. The number of nitrogens with zero attached hydrogens (tertiary/aromatic N) is 4. The Balaban J connectivity index is 2.31. The first kappa shape index (κ1) is 13.4. The van der Waals surface area contributed by atoms with Gasteiger partial charge in [-0.15, -0.1) is 5.10 Å². The highest BCUT2D eigenvalue weighted by Gasteiger charge is 2.15. The topological polar surface area (TPSA) is 78.8 Å². The normalized spacial score (nSPS) is 12.6. The van der Waals surface area contributed by atoms with E-state index in [2.05, 4.69) is 15.5 Å². The number of ether oxygens (including phenoxy) is 1. The minimum absolute atomic E-state index is 0.0398. The molecule has 0 saturated heterocycles. The number of nitrogen functional groups attached to an aromatic ring is 1. The molecule has 0 saturated carbocycles. The molecule has 0 bridgehead atoms. The van der Waals surface area contributed by atoms with E-state index in [0.717, 1.165) is 0 Å². The van der Waals surface area contributed by atoms with E-state index in [4.69, 9.17) is 10.5 Å². The molecule has 1 aromatic heterocycles. The molecule has 0 aliphatic heterocycles. The molecule has 0 aliphatic carbocycles. The Bertz CT molecular complexity index is 557. The molecule has 0 aliphatic rings. The van der Waals surface area contributed by atoms with Crippen LogP contribution in [-0.2, 0) is 11.3 Å². The molecule has 0 amide bonds. The van der Waals surface area contributed by atoms with Crippen LogP contribution in [0.2, 0.25) is 0 Å². The second kappa shape index (κ2) is 5.75. The summed E-state index contributed by atoms with van der Waals surface area (Å²) in [6.07, 6.45) is -0.0398. The van der Waals surface area contributed by atoms with E-state index in [0.29, 0.717) is 30.2 Å². The van der Waals surface area contributed by atoms with Gasteiger partial charge in [0.15, 0.2) is 5.82 Å². The number of tetrazole rings is 1. The number of hydrogen-bond acceptors (Lipinski definition) is 5. The number of hydrogen-bond donors (Lipinski definition) is 1. The maximum atomic E-state index is 13.3. The molecule has 7 heteroatoms. The number of benzene rings is 1. The Morgan fingerprint density at radius 1 is 1.47 bits per heavy atom. The van der Waals surface area contributed by atoms with Crippen LogP contribution in [0, 0.1) is 5.82 Å². The summed E-state index contributed by atoms with van der Waals surface area (Å²) in [6.45, 7) is 4.93. The van der Waals surface area contributed by atoms with Crippen LogP contribution in [0.1, 0.15) is 13.8 Å². The first-order valence-corrected chi connectivity index (χ1v) is 6.05. The van der Waals surface area contributed by atoms with Gasteiger partial charge in [-0.3, -0.25) is 0 Å². The summed E-state index contributed by atoms with van der Waals surface area (Å²) in [5.41, 5.74) is 6.74. The van der Waals surface area contributed by atoms with Crippen LogP contribution in [-0.4, -0.2) is 32.9 Å². The highest BCUT2D eigenvalue weighted by molar-refractivity contribution is 5.71. The van der Waals surface area contributed by atoms with Crippen molar-refractivity contribution in [2.24, 2.45) is 0 Å². The molecular formula is C12H16FN5O. The zero-order chi connectivity index (χ0) is 13.8. The number of rotatable bonds is 5. The van der Waals surface area contributed by atoms with E-state index in [9.17, 15) is 4.39 Å². The van der Waals surface area contributed by atoms with Gasteiger partial charge in [0.05, 0.1) is 12.6 Å². The Morgan fingerprint density at radius 3 is 3.00 bits per heavy atom. The fourth-order valence-corrected chi connectivity index (χ4v) is 1.82. The summed E-state index contributed by atoms with van der Waals surface area (Å²) < 4.78 is 20.3. The van der Waals surface area contributed by atoms with E-state index in [1.54, 1.807) is 4.68 Å². The summed E-state index contributed by atoms with van der Waals surface area (Å²) in [7, 11) is 0. The Morgan fingerprint density at radius 2 is 2.26 bits per heavy atom. The Labute approximate surface area is 110 Å². The van der Waals surface area contributed by atoms with Gasteiger partial charge in [-0.1, -0.05) is 0 Å². The smallest absolute Gasteiger partial charge is 0.184 e. The molecule has 0 radical (unpaired) electrons. The van der Waals surface area contributed by atoms with Crippen LogP contribution in [0.3, 0.4) is 0 Å². The lowest BCUT2D eigenvalue weighted by molar-refractivity contribution is 0.0614. The van der Waals surface area contributed by atoms with Gasteiger partial charge < -0.3 is 10.5 Å². The van der Waals surface area contributed by atoms with Crippen molar-refractivity contribution in [2.45, 2.75) is 26.5 Å². The van der Waals surface area contributed by atoms with Crippen LogP contribution in [0.4, 0.5) is 10.1 Å². The van der Waals surface area contributed by atoms with E-state index in [1.807, 2.05) is 13.8 Å². The third-order valence-electron chi connectivity index (χ3n) is 2.67. The van der Waals surface area contributed by atoms with Crippen molar-refractivity contribution in [1.29, 1.82) is 0 Å². The summed E-state index contributed by atoms with van der Waals surface area (Å²) in [6, 6.07) is 4.12. The van der Waals surface area contributed by atoms with Crippen LogP contribution < -0.4 is 5.73 Å². The molecule has 1 atom stereocenters. The molecule has 102 valence electrons. The number of nitrogens with two attached hydrogens (primary N) is 1. The highest BCUT2D eigenvalue weighted by Crippen LogP contribution is 2.24. The predicted molar refractivity (Wildman–Crippen MR) is 68.7 cm³/mol. The van der Waals surface area contributed by atoms with Crippen LogP contribution >= 0.6 is 0 Å². The van der Waals surface area contributed by atoms with Gasteiger partial charge in [0.25, 0.3) is 0 Å². The largest absolute Gasteiger partial charge is 0.398 e. The van der Waals surface area contributed by atoms with Gasteiger partial charge >= 0.3 is 0 Å². The van der Waals surface area contributed by atoms with Crippen molar-refractivity contribution in [3.05, 3.63) is 24.0 Å². The second-order valence-corrected chi connectivity index (χ2v) is 4.18. The minimum atomic E-state index is -0.378. The van der Waals surface area contributed by atoms with Crippen molar-refractivity contribution >= 4 is 5.69 Å². The first-order valence-electron chi connectivity index (χ1n) is 6.05. The van der Waals surface area contributed by atoms with E-state index in [-0.39, 0.29) is 11.9 Å². The highest BCUT2D eigenvalue weighted by atomic mass is 19.1. The average molecular weight is 265 g/mol. The summed E-state index contributed by atoms with van der Waals surface area (Å²) in [4.78, 5) is 0. The maximum Gasteiger partial charge on any atom is 0.184 e. The van der Waals surface area contributed by atoms with Crippen molar-refractivity contribution in [3.8, 4) is 11.4 Å². The third-order valence-corrected chi connectivity index (χ3v) is 2.67. The molecule has 1 aromatic carbocycles. The molecule has 2 N–H and O–H groups in total. The molecule has 0 spiro atoms. The summed E-state index contributed by atoms with van der Waals surface area (Å²) in [5, 5.41) is 11.4.